The first-order valence-corrected chi connectivity index (χ1v) is 10.6. The Morgan fingerprint density at radius 1 is 1.25 bits per heavy atom. The Labute approximate surface area is 170 Å². The van der Waals surface area contributed by atoms with Crippen LogP contribution >= 0.6 is 11.6 Å². The van der Waals surface area contributed by atoms with Gasteiger partial charge in [-0.3, -0.25) is 15.0 Å². The summed E-state index contributed by atoms with van der Waals surface area (Å²) < 4.78 is 13.6. The number of amides is 1. The van der Waals surface area contributed by atoms with Gasteiger partial charge in [-0.05, 0) is 7.05 Å². The maximum atomic E-state index is 13.6. The van der Waals surface area contributed by atoms with E-state index in [1.807, 2.05) is 0 Å². The molecule has 0 bridgehead atoms. The number of halogens is 2. The summed E-state index contributed by atoms with van der Waals surface area (Å²) in [5.74, 6) is -0.693. The van der Waals surface area contributed by atoms with Crippen molar-refractivity contribution in [1.82, 2.24) is 30.8 Å². The van der Waals surface area contributed by atoms with Crippen LogP contribution in [-0.4, -0.2) is 116 Å². The molecule has 160 valence electrons. The lowest BCUT2D eigenvalue weighted by atomic mass is 9.95. The summed E-state index contributed by atoms with van der Waals surface area (Å²) in [4.78, 5) is 17.8. The number of nitrogens with zero attached hydrogens (tertiary/aromatic N) is 4. The molecule has 0 aromatic heterocycles. The molecule has 4 aliphatic rings. The summed E-state index contributed by atoms with van der Waals surface area (Å²) in [6.45, 7) is 5.63. The van der Waals surface area contributed by atoms with Crippen molar-refractivity contribution in [2.75, 3.05) is 59.4 Å². The predicted molar refractivity (Wildman–Crippen MR) is 106 cm³/mol. The van der Waals surface area contributed by atoms with Crippen LogP contribution in [0.2, 0.25) is 0 Å². The second-order valence-corrected chi connectivity index (χ2v) is 8.88. The Morgan fingerprint density at radius 2 is 2.00 bits per heavy atom. The van der Waals surface area contributed by atoms with E-state index < -0.39 is 18.3 Å². The fraction of sp³-hybridized carbons (Fsp3) is 0.941. The third-order valence-electron chi connectivity index (χ3n) is 6.32. The van der Waals surface area contributed by atoms with Gasteiger partial charge in [0.05, 0.1) is 23.5 Å². The Kier molecular flexibility index (Phi) is 6.38. The van der Waals surface area contributed by atoms with Gasteiger partial charge in [0.15, 0.2) is 0 Å². The lowest BCUT2D eigenvalue weighted by Gasteiger charge is -2.46. The number of nitrogens with two attached hydrogens (primary N) is 1. The van der Waals surface area contributed by atoms with Crippen molar-refractivity contribution in [3.63, 3.8) is 0 Å². The average molecular weight is 418 g/mol. The standard InChI is InChI=1S/C17H31ClFN8O/c1-25-2-4-26(5-3-25)14-11(18)7-21-8-12(14)23-17(28)13-15(20)24-27-9-10(19)6-22-16(13)27/h10-16,21-22H,2-9,20H2,1H3,(H,23,28)/q-1. The highest BCUT2D eigenvalue weighted by Gasteiger charge is 2.43. The van der Waals surface area contributed by atoms with E-state index in [4.69, 9.17) is 17.3 Å². The van der Waals surface area contributed by atoms with Crippen LogP contribution in [0.4, 0.5) is 4.39 Å². The molecule has 7 atom stereocenters. The first-order chi connectivity index (χ1) is 13.4. The Bertz CT molecular complexity index is 565. The molecule has 0 spiro atoms. The molecule has 4 aliphatic heterocycles. The van der Waals surface area contributed by atoms with Crippen LogP contribution in [0.1, 0.15) is 0 Å². The molecule has 4 heterocycles. The van der Waals surface area contributed by atoms with Crippen LogP contribution in [0.3, 0.4) is 0 Å². The summed E-state index contributed by atoms with van der Waals surface area (Å²) in [6, 6.07) is -0.0355. The zero-order chi connectivity index (χ0) is 19.8. The highest BCUT2D eigenvalue weighted by atomic mass is 35.5. The minimum absolute atomic E-state index is 0.0702. The molecule has 1 amide bonds. The second kappa shape index (κ2) is 8.65. The number of rotatable bonds is 3. The number of carbonyl (C=O) groups is 1. The van der Waals surface area contributed by atoms with Gasteiger partial charge >= 0.3 is 0 Å². The largest absolute Gasteiger partial charge is 0.578 e. The minimum atomic E-state index is -1.00. The van der Waals surface area contributed by atoms with Gasteiger partial charge in [0.2, 0.25) is 5.91 Å². The van der Waals surface area contributed by atoms with Crippen LogP contribution < -0.4 is 21.7 Å². The van der Waals surface area contributed by atoms with Crippen molar-refractivity contribution in [2.45, 2.75) is 36.0 Å². The number of likely N-dealkylation sites (N-methyl/N-ethyl adjacent to an activating group) is 1. The Morgan fingerprint density at radius 3 is 2.75 bits per heavy atom. The number of hydrogen-bond acceptors (Lipinski definition) is 7. The van der Waals surface area contributed by atoms with Crippen LogP contribution in [0.5, 0.6) is 0 Å². The van der Waals surface area contributed by atoms with E-state index in [9.17, 15) is 9.18 Å². The number of piperidine rings is 1. The van der Waals surface area contributed by atoms with Crippen molar-refractivity contribution < 1.29 is 9.18 Å². The SMILES string of the molecule is CN1CCN(C2C(Cl)CNCC2NC(=O)C2C(N)[N-]N3CC(F)CNC23)CC1. The topological polar surface area (TPSA) is 103 Å². The highest BCUT2D eigenvalue weighted by Crippen LogP contribution is 2.31. The lowest BCUT2D eigenvalue weighted by Crippen LogP contribution is -2.68. The summed E-state index contributed by atoms with van der Waals surface area (Å²) in [5, 5.41) is 11.1. The molecule has 0 aromatic carbocycles. The zero-order valence-corrected chi connectivity index (χ0v) is 17.0. The smallest absolute Gasteiger partial charge is 0.226 e. The Hall–Kier alpha value is -0.590. The van der Waals surface area contributed by atoms with E-state index in [0.717, 1.165) is 32.7 Å². The highest BCUT2D eigenvalue weighted by molar-refractivity contribution is 6.21. The van der Waals surface area contributed by atoms with Crippen molar-refractivity contribution in [2.24, 2.45) is 11.7 Å². The third-order valence-corrected chi connectivity index (χ3v) is 6.73. The maximum absolute atomic E-state index is 13.6. The molecule has 4 saturated heterocycles. The first kappa shape index (κ1) is 20.7. The quantitative estimate of drug-likeness (QED) is 0.397. The number of alkyl halides is 2. The predicted octanol–water partition coefficient (Wildman–Crippen LogP) is -1.93. The maximum Gasteiger partial charge on any atom is 0.226 e. The number of piperazine rings is 1. The van der Waals surface area contributed by atoms with Gasteiger partial charge < -0.3 is 31.7 Å². The minimum Gasteiger partial charge on any atom is -0.578 e. The zero-order valence-electron chi connectivity index (χ0n) is 16.2. The fourth-order valence-corrected chi connectivity index (χ4v) is 5.23. The monoisotopic (exact) mass is 417 g/mol. The van der Waals surface area contributed by atoms with E-state index in [-0.39, 0.29) is 42.6 Å². The van der Waals surface area contributed by atoms with Crippen LogP contribution in [0.15, 0.2) is 0 Å². The summed E-state index contributed by atoms with van der Waals surface area (Å²) in [7, 11) is 2.12. The first-order valence-electron chi connectivity index (χ1n) is 10.1. The second-order valence-electron chi connectivity index (χ2n) is 8.32. The van der Waals surface area contributed by atoms with Crippen molar-refractivity contribution >= 4 is 17.5 Å². The molecular formula is C17H31ClFN8O-. The van der Waals surface area contributed by atoms with Gasteiger partial charge in [0, 0.05) is 58.4 Å². The number of fused-ring (bicyclic) bond motifs is 1. The molecule has 4 rings (SSSR count). The third kappa shape index (κ3) is 4.15. The van der Waals surface area contributed by atoms with E-state index in [2.05, 4.69) is 38.2 Å². The number of hydrogen-bond donors (Lipinski definition) is 4. The van der Waals surface area contributed by atoms with Gasteiger partial charge in [-0.1, -0.05) is 6.17 Å². The van der Waals surface area contributed by atoms with E-state index in [1.165, 1.54) is 0 Å². The molecule has 28 heavy (non-hydrogen) atoms. The number of nitrogens with one attached hydrogen (secondary N) is 3. The molecule has 4 fully saturated rings. The normalized spacial score (nSPS) is 43.6. The number of carbonyl (C=O) groups excluding carboxylic acids is 1. The molecule has 0 saturated carbocycles. The molecule has 7 unspecified atom stereocenters. The average Bonchev–Trinajstić information content (AvgIpc) is 2.98. The van der Waals surface area contributed by atoms with E-state index >= 15 is 0 Å². The van der Waals surface area contributed by atoms with Gasteiger partial charge in [-0.15, -0.1) is 11.6 Å². The molecule has 0 aromatic rings. The molecule has 0 radical (unpaired) electrons. The van der Waals surface area contributed by atoms with Gasteiger partial charge in [0.25, 0.3) is 0 Å². The summed E-state index contributed by atoms with van der Waals surface area (Å²) in [5.41, 5.74) is 10.4. The molecule has 11 heteroatoms. The molecule has 0 aliphatic carbocycles. The van der Waals surface area contributed by atoms with E-state index in [0.29, 0.717) is 6.54 Å². The van der Waals surface area contributed by atoms with Gasteiger partial charge in [-0.2, -0.15) is 0 Å². The van der Waals surface area contributed by atoms with Gasteiger partial charge in [0.1, 0.15) is 6.17 Å². The van der Waals surface area contributed by atoms with E-state index in [1.54, 1.807) is 5.01 Å². The van der Waals surface area contributed by atoms with Crippen LogP contribution in [0.25, 0.3) is 5.43 Å². The van der Waals surface area contributed by atoms with Crippen molar-refractivity contribution in [3.05, 3.63) is 5.43 Å². The Balaban J connectivity index is 1.43. The van der Waals surface area contributed by atoms with Gasteiger partial charge in [-0.25, -0.2) is 4.39 Å². The fourth-order valence-electron chi connectivity index (χ4n) is 4.78. The molecule has 9 nitrogen and oxygen atoms in total. The summed E-state index contributed by atoms with van der Waals surface area (Å²) >= 11 is 6.67. The lowest BCUT2D eigenvalue weighted by molar-refractivity contribution is -0.128. The molecule has 5 N–H and O–H groups in total. The molecular weight excluding hydrogens is 387 g/mol. The summed E-state index contributed by atoms with van der Waals surface area (Å²) in [6.07, 6.45) is -2.03. The van der Waals surface area contributed by atoms with Crippen molar-refractivity contribution in [1.29, 1.82) is 0 Å². The van der Waals surface area contributed by atoms with Crippen LogP contribution in [0, 0.1) is 5.92 Å². The van der Waals surface area contributed by atoms with Crippen LogP contribution in [-0.2, 0) is 4.79 Å². The van der Waals surface area contributed by atoms with Crippen molar-refractivity contribution in [3.8, 4) is 0 Å².